The number of thioether (sulfide) groups is 1. The largest absolute Gasteiger partial charge is 0.335 e. The fraction of sp³-hybridized carbons (Fsp3) is 0.556. The number of anilines is 1. The van der Waals surface area contributed by atoms with Crippen molar-refractivity contribution in [3.05, 3.63) is 24.3 Å². The minimum atomic E-state index is -3.03. The third kappa shape index (κ3) is 5.74. The fourth-order valence-corrected chi connectivity index (χ4v) is 5.54. The second kappa shape index (κ2) is 8.90. The Morgan fingerprint density at radius 1 is 1.31 bits per heavy atom. The molecule has 1 aliphatic rings. The summed E-state index contributed by atoms with van der Waals surface area (Å²) in [6, 6.07) is 7.11. The van der Waals surface area contributed by atoms with Crippen molar-refractivity contribution in [2.24, 2.45) is 0 Å². The van der Waals surface area contributed by atoms with Gasteiger partial charge in [0, 0.05) is 29.6 Å². The van der Waals surface area contributed by atoms with Crippen LogP contribution in [-0.4, -0.2) is 54.5 Å². The molecule has 0 unspecified atom stereocenters. The molecule has 0 radical (unpaired) electrons. The lowest BCUT2D eigenvalue weighted by Crippen LogP contribution is -2.47. The summed E-state index contributed by atoms with van der Waals surface area (Å²) in [6.07, 6.45) is 1.31. The molecular formula is C18H26N2O4S2. The number of carbonyl (C=O) groups is 2. The first kappa shape index (κ1) is 20.8. The van der Waals surface area contributed by atoms with Crippen molar-refractivity contribution in [2.75, 3.05) is 22.6 Å². The maximum absolute atomic E-state index is 12.8. The summed E-state index contributed by atoms with van der Waals surface area (Å²) in [5.41, 5.74) is 0.713. The van der Waals surface area contributed by atoms with Crippen LogP contribution in [0.25, 0.3) is 0 Å². The Labute approximate surface area is 159 Å². The van der Waals surface area contributed by atoms with Gasteiger partial charge in [-0.05, 0) is 44.0 Å². The van der Waals surface area contributed by atoms with Gasteiger partial charge in [-0.25, -0.2) is 8.42 Å². The summed E-state index contributed by atoms with van der Waals surface area (Å²) < 4.78 is 23.6. The van der Waals surface area contributed by atoms with Crippen LogP contribution in [0, 0.1) is 0 Å². The van der Waals surface area contributed by atoms with Gasteiger partial charge >= 0.3 is 0 Å². The van der Waals surface area contributed by atoms with Crippen LogP contribution in [0.2, 0.25) is 0 Å². The third-order valence-electron chi connectivity index (χ3n) is 4.49. The van der Waals surface area contributed by atoms with Gasteiger partial charge in [0.1, 0.15) is 0 Å². The number of hydrogen-bond acceptors (Lipinski definition) is 5. The van der Waals surface area contributed by atoms with E-state index in [1.807, 2.05) is 26.0 Å². The van der Waals surface area contributed by atoms with E-state index in [4.69, 9.17) is 0 Å². The summed E-state index contributed by atoms with van der Waals surface area (Å²) >= 11 is 1.42. The van der Waals surface area contributed by atoms with Gasteiger partial charge in [-0.15, -0.1) is 11.8 Å². The van der Waals surface area contributed by atoms with Crippen molar-refractivity contribution < 1.29 is 18.0 Å². The average Bonchev–Trinajstić information content (AvgIpc) is 2.93. The summed E-state index contributed by atoms with van der Waals surface area (Å²) in [6.45, 7) is 5.42. The minimum absolute atomic E-state index is 0.0172. The number of sulfone groups is 1. The lowest BCUT2D eigenvalue weighted by Gasteiger charge is -2.33. The lowest BCUT2D eigenvalue weighted by molar-refractivity contribution is -0.132. The topological polar surface area (TPSA) is 83.6 Å². The summed E-state index contributed by atoms with van der Waals surface area (Å²) in [5, 5.41) is 2.70. The quantitative estimate of drug-likeness (QED) is 0.714. The highest BCUT2D eigenvalue weighted by molar-refractivity contribution is 8.00. The van der Waals surface area contributed by atoms with Gasteiger partial charge in [-0.2, -0.15) is 0 Å². The van der Waals surface area contributed by atoms with E-state index in [-0.39, 0.29) is 41.2 Å². The number of amides is 2. The predicted molar refractivity (Wildman–Crippen MR) is 105 cm³/mol. The SMILES string of the molecule is CC[C@H](C)N(C(=O)CSc1ccc(NC(C)=O)cc1)[C@@H]1CCS(=O)(=O)C1. The molecule has 8 heteroatoms. The molecule has 2 rings (SSSR count). The zero-order valence-corrected chi connectivity index (χ0v) is 17.0. The average molecular weight is 399 g/mol. The molecule has 26 heavy (non-hydrogen) atoms. The molecule has 1 saturated heterocycles. The zero-order chi connectivity index (χ0) is 19.3. The van der Waals surface area contributed by atoms with E-state index in [2.05, 4.69) is 5.32 Å². The van der Waals surface area contributed by atoms with Crippen molar-refractivity contribution in [1.82, 2.24) is 4.90 Å². The van der Waals surface area contributed by atoms with Gasteiger partial charge in [-0.1, -0.05) is 6.92 Å². The monoisotopic (exact) mass is 398 g/mol. The van der Waals surface area contributed by atoms with Crippen LogP contribution in [0.5, 0.6) is 0 Å². The number of carbonyl (C=O) groups excluding carboxylic acids is 2. The Bertz CT molecular complexity index is 747. The highest BCUT2D eigenvalue weighted by Crippen LogP contribution is 2.25. The smallest absolute Gasteiger partial charge is 0.233 e. The van der Waals surface area contributed by atoms with E-state index in [9.17, 15) is 18.0 Å². The Hall–Kier alpha value is -1.54. The second-order valence-corrected chi connectivity index (χ2v) is 9.89. The Kier molecular flexibility index (Phi) is 7.11. The van der Waals surface area contributed by atoms with Crippen molar-refractivity contribution in [3.63, 3.8) is 0 Å². The fourth-order valence-electron chi connectivity index (χ4n) is 3.06. The Balaban J connectivity index is 1.99. The first-order valence-electron chi connectivity index (χ1n) is 8.74. The van der Waals surface area contributed by atoms with Crippen LogP contribution in [0.15, 0.2) is 29.2 Å². The number of rotatable bonds is 7. The van der Waals surface area contributed by atoms with E-state index >= 15 is 0 Å². The van der Waals surface area contributed by atoms with Crippen LogP contribution >= 0.6 is 11.8 Å². The molecule has 1 aliphatic heterocycles. The Morgan fingerprint density at radius 3 is 2.46 bits per heavy atom. The highest BCUT2D eigenvalue weighted by Gasteiger charge is 2.36. The summed E-state index contributed by atoms with van der Waals surface area (Å²) in [7, 11) is -3.03. The Morgan fingerprint density at radius 2 is 1.96 bits per heavy atom. The first-order chi connectivity index (χ1) is 12.2. The van der Waals surface area contributed by atoms with E-state index < -0.39 is 9.84 Å². The number of hydrogen-bond donors (Lipinski definition) is 1. The maximum atomic E-state index is 12.8. The third-order valence-corrected chi connectivity index (χ3v) is 7.24. The van der Waals surface area contributed by atoms with Gasteiger partial charge in [-0.3, -0.25) is 9.59 Å². The number of benzene rings is 1. The van der Waals surface area contributed by atoms with Gasteiger partial charge in [0.05, 0.1) is 17.3 Å². The van der Waals surface area contributed by atoms with Crippen molar-refractivity contribution in [3.8, 4) is 0 Å². The van der Waals surface area contributed by atoms with Crippen LogP contribution < -0.4 is 5.32 Å². The summed E-state index contributed by atoms with van der Waals surface area (Å²) in [5.74, 6) is 0.337. The maximum Gasteiger partial charge on any atom is 0.233 e. The highest BCUT2D eigenvalue weighted by atomic mass is 32.2. The van der Waals surface area contributed by atoms with Crippen molar-refractivity contribution >= 4 is 39.1 Å². The van der Waals surface area contributed by atoms with Crippen LogP contribution in [-0.2, 0) is 19.4 Å². The lowest BCUT2D eigenvalue weighted by atomic mass is 10.1. The van der Waals surface area contributed by atoms with Crippen molar-refractivity contribution in [1.29, 1.82) is 0 Å². The molecule has 144 valence electrons. The molecule has 2 amide bonds. The van der Waals surface area contributed by atoms with Crippen molar-refractivity contribution in [2.45, 2.75) is 50.6 Å². The molecule has 0 aromatic heterocycles. The molecule has 0 bridgehead atoms. The molecule has 1 fully saturated rings. The number of nitrogens with one attached hydrogen (secondary N) is 1. The van der Waals surface area contributed by atoms with E-state index in [0.717, 1.165) is 11.3 Å². The predicted octanol–water partition coefficient (Wildman–Crippen LogP) is 2.55. The molecule has 0 aliphatic carbocycles. The normalized spacial score (nSPS) is 19.7. The van der Waals surface area contributed by atoms with Gasteiger partial charge in [0.15, 0.2) is 9.84 Å². The molecule has 1 heterocycles. The molecule has 6 nitrogen and oxygen atoms in total. The molecular weight excluding hydrogens is 372 g/mol. The molecule has 1 aromatic carbocycles. The molecule has 0 saturated carbocycles. The molecule has 2 atom stereocenters. The molecule has 0 spiro atoms. The van der Waals surface area contributed by atoms with E-state index in [1.54, 1.807) is 17.0 Å². The number of nitrogens with zero attached hydrogens (tertiary/aromatic N) is 1. The van der Waals surface area contributed by atoms with Gasteiger partial charge in [0.2, 0.25) is 11.8 Å². The van der Waals surface area contributed by atoms with Gasteiger partial charge < -0.3 is 10.2 Å². The van der Waals surface area contributed by atoms with E-state index in [1.165, 1.54) is 18.7 Å². The van der Waals surface area contributed by atoms with Crippen LogP contribution in [0.4, 0.5) is 5.69 Å². The zero-order valence-electron chi connectivity index (χ0n) is 15.4. The van der Waals surface area contributed by atoms with Crippen LogP contribution in [0.1, 0.15) is 33.6 Å². The molecule has 1 aromatic rings. The van der Waals surface area contributed by atoms with Crippen LogP contribution in [0.3, 0.4) is 0 Å². The summed E-state index contributed by atoms with van der Waals surface area (Å²) in [4.78, 5) is 26.5. The minimum Gasteiger partial charge on any atom is -0.335 e. The molecule has 1 N–H and O–H groups in total. The van der Waals surface area contributed by atoms with E-state index in [0.29, 0.717) is 12.1 Å². The van der Waals surface area contributed by atoms with Gasteiger partial charge in [0.25, 0.3) is 0 Å². The standard InChI is InChI=1S/C18H26N2O4S2/c1-4-13(2)20(16-9-10-26(23,24)12-16)18(22)11-25-17-7-5-15(6-8-17)19-14(3)21/h5-8,13,16H,4,9-12H2,1-3H3,(H,19,21)/t13-,16+/m0/s1. The first-order valence-corrected chi connectivity index (χ1v) is 11.5. The second-order valence-electron chi connectivity index (χ2n) is 6.61.